The second kappa shape index (κ2) is 7.51. The van der Waals surface area contributed by atoms with Crippen molar-refractivity contribution >= 4 is 39.3 Å². The molecule has 1 saturated heterocycles. The minimum absolute atomic E-state index is 0.0968. The third kappa shape index (κ3) is 3.06. The molecule has 2 fully saturated rings. The number of nitrogens with one attached hydrogen (secondary N) is 2. The minimum Gasteiger partial charge on any atom is -0.423 e. The van der Waals surface area contributed by atoms with Crippen molar-refractivity contribution in [1.29, 1.82) is 0 Å². The zero-order valence-corrected chi connectivity index (χ0v) is 20.8. The number of fused-ring (bicyclic) bond motifs is 4. The maximum atomic E-state index is 14.5. The van der Waals surface area contributed by atoms with E-state index in [9.17, 15) is 9.18 Å². The number of anilines is 2. The Bertz CT molecular complexity index is 1610. The van der Waals surface area contributed by atoms with Crippen molar-refractivity contribution in [3.8, 4) is 11.8 Å². The summed E-state index contributed by atoms with van der Waals surface area (Å²) >= 11 is 0. The van der Waals surface area contributed by atoms with Crippen LogP contribution in [0.25, 0.3) is 21.9 Å². The zero-order chi connectivity index (χ0) is 25.6. The number of hydrogen-bond acceptors (Lipinski definition) is 8. The van der Waals surface area contributed by atoms with Gasteiger partial charge < -0.3 is 30.6 Å². The van der Waals surface area contributed by atoms with Gasteiger partial charge in [0.15, 0.2) is 0 Å². The first-order valence-corrected chi connectivity index (χ1v) is 12.4. The van der Waals surface area contributed by atoms with Gasteiger partial charge in [-0.05, 0) is 38.0 Å². The number of amides is 1. The van der Waals surface area contributed by atoms with Crippen LogP contribution in [0.3, 0.4) is 0 Å². The lowest BCUT2D eigenvalue weighted by Crippen LogP contribution is -2.69. The molecule has 1 aromatic carbocycles. The lowest BCUT2D eigenvalue weighted by atomic mass is 9.60. The number of benzene rings is 1. The van der Waals surface area contributed by atoms with Crippen LogP contribution in [0.15, 0.2) is 24.4 Å². The molecule has 1 saturated carbocycles. The van der Waals surface area contributed by atoms with E-state index in [2.05, 4.69) is 25.2 Å². The van der Waals surface area contributed by atoms with E-state index >= 15 is 0 Å². The van der Waals surface area contributed by atoms with Crippen LogP contribution < -0.4 is 20.7 Å². The Labute approximate surface area is 212 Å². The summed E-state index contributed by atoms with van der Waals surface area (Å²) in [5, 5.41) is 4.48. The van der Waals surface area contributed by atoms with Crippen LogP contribution in [0.2, 0.25) is 0 Å². The maximum Gasteiger partial charge on any atom is 0.326 e. The van der Waals surface area contributed by atoms with Crippen LogP contribution in [-0.4, -0.2) is 64.0 Å². The molecule has 37 heavy (non-hydrogen) atoms. The minimum atomic E-state index is -0.349. The number of nitrogens with two attached hydrogens (primary N) is 1. The molecule has 1 amide bonds. The molecular formula is C26H27FN8O2. The molecule has 3 aromatic heterocycles. The molecule has 1 spiro atoms. The number of carbonyl (C=O) groups is 1. The molecule has 1 aliphatic carbocycles. The third-order valence-electron chi connectivity index (χ3n) is 8.44. The molecule has 7 rings (SSSR count). The SMILES string of the molecule is CNc1cc(F)cc2c1[nH]c1nc(Oc3cnc4c(c3)C(=O)N(C)C4C)nc(N3CC4(CC[C@H]4N)C3)c12. The fourth-order valence-corrected chi connectivity index (χ4v) is 5.94. The van der Waals surface area contributed by atoms with Gasteiger partial charge in [0, 0.05) is 44.0 Å². The van der Waals surface area contributed by atoms with Gasteiger partial charge in [0.2, 0.25) is 0 Å². The van der Waals surface area contributed by atoms with Crippen molar-refractivity contribution in [3.05, 3.63) is 41.5 Å². The van der Waals surface area contributed by atoms with E-state index in [0.29, 0.717) is 33.9 Å². The fraction of sp³-hybridized carbons (Fsp3) is 0.385. The highest BCUT2D eigenvalue weighted by Crippen LogP contribution is 2.50. The van der Waals surface area contributed by atoms with Gasteiger partial charge in [-0.25, -0.2) is 4.39 Å². The Morgan fingerprint density at radius 2 is 2.08 bits per heavy atom. The Morgan fingerprint density at radius 1 is 1.27 bits per heavy atom. The Morgan fingerprint density at radius 3 is 2.78 bits per heavy atom. The number of pyridine rings is 1. The van der Waals surface area contributed by atoms with E-state index in [1.165, 1.54) is 12.1 Å². The quantitative estimate of drug-likeness (QED) is 0.387. The van der Waals surface area contributed by atoms with Crippen LogP contribution in [0.4, 0.5) is 15.9 Å². The normalized spacial score (nSPS) is 21.9. The summed E-state index contributed by atoms with van der Waals surface area (Å²) in [6, 6.07) is 4.83. The zero-order valence-electron chi connectivity index (χ0n) is 20.8. The number of aromatic amines is 1. The molecule has 1 unspecified atom stereocenters. The summed E-state index contributed by atoms with van der Waals surface area (Å²) in [5.74, 6) is 0.594. The molecule has 5 heterocycles. The van der Waals surface area contributed by atoms with Crippen molar-refractivity contribution in [2.24, 2.45) is 11.1 Å². The third-order valence-corrected chi connectivity index (χ3v) is 8.44. The number of hydrogen-bond donors (Lipinski definition) is 3. The van der Waals surface area contributed by atoms with Crippen LogP contribution in [0, 0.1) is 11.2 Å². The van der Waals surface area contributed by atoms with Gasteiger partial charge in [-0.2, -0.15) is 9.97 Å². The van der Waals surface area contributed by atoms with Crippen LogP contribution in [-0.2, 0) is 0 Å². The maximum absolute atomic E-state index is 14.5. The van der Waals surface area contributed by atoms with Crippen molar-refractivity contribution in [3.63, 3.8) is 0 Å². The molecule has 4 aromatic rings. The number of aromatic nitrogens is 4. The summed E-state index contributed by atoms with van der Waals surface area (Å²) in [5.41, 5.74) is 9.57. The van der Waals surface area contributed by atoms with Gasteiger partial charge in [0.05, 0.1) is 40.1 Å². The molecule has 190 valence electrons. The molecule has 11 heteroatoms. The van der Waals surface area contributed by atoms with Gasteiger partial charge in [0.1, 0.15) is 23.0 Å². The summed E-state index contributed by atoms with van der Waals surface area (Å²) in [6.07, 6.45) is 3.71. The molecule has 0 radical (unpaired) electrons. The molecule has 2 atom stereocenters. The van der Waals surface area contributed by atoms with Gasteiger partial charge in [-0.1, -0.05) is 0 Å². The van der Waals surface area contributed by atoms with Crippen LogP contribution in [0.1, 0.15) is 41.9 Å². The number of rotatable bonds is 4. The Kier molecular flexibility index (Phi) is 4.51. The number of H-pyrrole nitrogens is 1. The van der Waals surface area contributed by atoms with E-state index in [1.807, 2.05) is 6.92 Å². The fourth-order valence-electron chi connectivity index (χ4n) is 5.94. The highest BCUT2D eigenvalue weighted by molar-refractivity contribution is 6.14. The second-order valence-electron chi connectivity index (χ2n) is 10.5. The summed E-state index contributed by atoms with van der Waals surface area (Å²) < 4.78 is 20.6. The first-order chi connectivity index (χ1) is 17.8. The number of halogens is 1. The number of carbonyl (C=O) groups excluding carboxylic acids is 1. The van der Waals surface area contributed by atoms with E-state index in [4.69, 9.17) is 15.5 Å². The Balaban J connectivity index is 1.34. The standard InChI is InChI=1S/C26H27FN8O2/c1-12-20-16(24(36)34(12)3)8-14(9-30-20)37-25-32-22-19(15-6-13(27)7-17(29-2)21(15)31-22)23(33-25)35-10-26(11-35)5-4-18(26)28/h6-9,12,18,29H,4-5,10-11,28H2,1-3H3,(H,31,32,33)/t12?,18-/m1/s1. The van der Waals surface area contributed by atoms with E-state index in [0.717, 1.165) is 42.5 Å². The molecule has 3 aliphatic rings. The Hall–Kier alpha value is -3.99. The summed E-state index contributed by atoms with van der Waals surface area (Å²) in [6.45, 7) is 3.49. The van der Waals surface area contributed by atoms with E-state index in [-0.39, 0.29) is 35.2 Å². The lowest BCUT2D eigenvalue weighted by Gasteiger charge is -2.60. The topological polar surface area (TPSA) is 125 Å². The smallest absolute Gasteiger partial charge is 0.326 e. The van der Waals surface area contributed by atoms with Gasteiger partial charge in [-0.15, -0.1) is 0 Å². The number of ether oxygens (including phenoxy) is 1. The lowest BCUT2D eigenvalue weighted by molar-refractivity contribution is 0.0559. The first kappa shape index (κ1) is 22.2. The van der Waals surface area contributed by atoms with E-state index in [1.54, 1.807) is 31.3 Å². The largest absolute Gasteiger partial charge is 0.423 e. The first-order valence-electron chi connectivity index (χ1n) is 12.4. The number of nitrogens with zero attached hydrogens (tertiary/aromatic N) is 5. The van der Waals surface area contributed by atoms with Crippen molar-refractivity contribution in [1.82, 2.24) is 24.8 Å². The molecule has 2 aliphatic heterocycles. The van der Waals surface area contributed by atoms with Crippen LogP contribution >= 0.6 is 0 Å². The van der Waals surface area contributed by atoms with Gasteiger partial charge >= 0.3 is 6.01 Å². The highest BCUT2D eigenvalue weighted by atomic mass is 19.1. The van der Waals surface area contributed by atoms with Crippen LogP contribution in [0.5, 0.6) is 11.8 Å². The molecule has 10 nitrogen and oxygen atoms in total. The van der Waals surface area contributed by atoms with Crippen molar-refractivity contribution < 1.29 is 13.9 Å². The highest BCUT2D eigenvalue weighted by Gasteiger charge is 2.54. The summed E-state index contributed by atoms with van der Waals surface area (Å²) in [7, 11) is 3.50. The second-order valence-corrected chi connectivity index (χ2v) is 10.5. The molecule has 4 N–H and O–H groups in total. The molecular weight excluding hydrogens is 475 g/mol. The average Bonchev–Trinajstić information content (AvgIpc) is 3.32. The van der Waals surface area contributed by atoms with Crippen molar-refractivity contribution in [2.75, 3.05) is 37.4 Å². The molecule has 0 bridgehead atoms. The van der Waals surface area contributed by atoms with Gasteiger partial charge in [-0.3, -0.25) is 9.78 Å². The monoisotopic (exact) mass is 502 g/mol. The van der Waals surface area contributed by atoms with E-state index < -0.39 is 0 Å². The summed E-state index contributed by atoms with van der Waals surface area (Å²) in [4.78, 5) is 33.6. The predicted molar refractivity (Wildman–Crippen MR) is 138 cm³/mol. The predicted octanol–water partition coefficient (Wildman–Crippen LogP) is 3.55. The van der Waals surface area contributed by atoms with Gasteiger partial charge in [0.25, 0.3) is 5.91 Å². The average molecular weight is 503 g/mol. The van der Waals surface area contributed by atoms with Crippen molar-refractivity contribution in [2.45, 2.75) is 31.8 Å².